The summed E-state index contributed by atoms with van der Waals surface area (Å²) < 4.78 is 39.6. The van der Waals surface area contributed by atoms with Crippen LogP contribution in [-0.2, 0) is 12.7 Å². The first-order chi connectivity index (χ1) is 9.41. The Hall–Kier alpha value is -1.60. The van der Waals surface area contributed by atoms with Gasteiger partial charge in [-0.25, -0.2) is 4.68 Å². The predicted octanol–water partition coefficient (Wildman–Crippen LogP) is 3.05. The van der Waals surface area contributed by atoms with Crippen molar-refractivity contribution in [2.45, 2.75) is 19.6 Å². The summed E-state index contributed by atoms with van der Waals surface area (Å²) in [7, 11) is 0. The zero-order chi connectivity index (χ0) is 14.8. The first kappa shape index (κ1) is 14.8. The quantitative estimate of drug-likeness (QED) is 0.944. The van der Waals surface area contributed by atoms with Crippen molar-refractivity contribution in [2.24, 2.45) is 0 Å². The van der Waals surface area contributed by atoms with Gasteiger partial charge in [-0.1, -0.05) is 23.7 Å². The van der Waals surface area contributed by atoms with Crippen molar-refractivity contribution >= 4 is 11.6 Å². The van der Waals surface area contributed by atoms with Gasteiger partial charge in [0.25, 0.3) is 0 Å². The summed E-state index contributed by atoms with van der Waals surface area (Å²) in [5, 5.41) is 10.4. The Kier molecular flexibility index (Phi) is 4.29. The van der Waals surface area contributed by atoms with Gasteiger partial charge in [0, 0.05) is 6.54 Å². The van der Waals surface area contributed by atoms with Crippen LogP contribution in [0.1, 0.15) is 18.2 Å². The highest BCUT2D eigenvalue weighted by atomic mass is 35.5. The third-order valence-corrected chi connectivity index (χ3v) is 2.95. The van der Waals surface area contributed by atoms with E-state index in [1.54, 1.807) is 6.20 Å². The van der Waals surface area contributed by atoms with E-state index in [1.807, 2.05) is 6.92 Å². The molecule has 0 aliphatic heterocycles. The zero-order valence-electron chi connectivity index (χ0n) is 10.6. The highest BCUT2D eigenvalue weighted by molar-refractivity contribution is 6.31. The maximum absolute atomic E-state index is 12.8. The van der Waals surface area contributed by atoms with E-state index in [0.29, 0.717) is 12.2 Å². The fraction of sp³-hybridized carbons (Fsp3) is 0.333. The van der Waals surface area contributed by atoms with Crippen LogP contribution in [0, 0.1) is 0 Å². The minimum Gasteiger partial charge on any atom is -0.311 e. The third-order valence-electron chi connectivity index (χ3n) is 2.62. The normalized spacial score (nSPS) is 11.8. The predicted molar refractivity (Wildman–Crippen MR) is 68.8 cm³/mol. The highest BCUT2D eigenvalue weighted by Crippen LogP contribution is 2.35. The number of nitrogens with one attached hydrogen (secondary N) is 1. The molecule has 0 atom stereocenters. The van der Waals surface area contributed by atoms with Crippen LogP contribution >= 0.6 is 11.6 Å². The molecule has 8 heteroatoms. The molecule has 20 heavy (non-hydrogen) atoms. The molecule has 0 saturated carbocycles. The number of benzene rings is 1. The van der Waals surface area contributed by atoms with Gasteiger partial charge in [-0.3, -0.25) is 0 Å². The first-order valence-corrected chi connectivity index (χ1v) is 6.28. The van der Waals surface area contributed by atoms with Crippen molar-refractivity contribution in [2.75, 3.05) is 6.54 Å². The Morgan fingerprint density at radius 3 is 2.75 bits per heavy atom. The molecule has 0 unspecified atom stereocenters. The maximum atomic E-state index is 12.8. The number of alkyl halides is 3. The number of hydrogen-bond donors (Lipinski definition) is 1. The zero-order valence-corrected chi connectivity index (χ0v) is 11.3. The van der Waals surface area contributed by atoms with Gasteiger partial charge in [-0.2, -0.15) is 13.2 Å². The molecule has 1 heterocycles. The average molecular weight is 305 g/mol. The van der Waals surface area contributed by atoms with E-state index in [2.05, 4.69) is 15.6 Å². The second-order valence-electron chi connectivity index (χ2n) is 4.10. The van der Waals surface area contributed by atoms with Crippen LogP contribution in [-0.4, -0.2) is 21.5 Å². The van der Waals surface area contributed by atoms with Crippen molar-refractivity contribution in [1.82, 2.24) is 20.3 Å². The summed E-state index contributed by atoms with van der Waals surface area (Å²) >= 11 is 5.57. The second kappa shape index (κ2) is 5.80. The minimum absolute atomic E-state index is 0.261. The summed E-state index contributed by atoms with van der Waals surface area (Å²) in [5.74, 6) is 0. The second-order valence-corrected chi connectivity index (χ2v) is 4.50. The van der Waals surface area contributed by atoms with E-state index in [-0.39, 0.29) is 10.7 Å². The molecular weight excluding hydrogens is 293 g/mol. The number of rotatable bonds is 4. The van der Waals surface area contributed by atoms with Crippen LogP contribution in [0.15, 0.2) is 24.4 Å². The number of halogens is 4. The first-order valence-electron chi connectivity index (χ1n) is 5.91. The van der Waals surface area contributed by atoms with Crippen molar-refractivity contribution in [3.05, 3.63) is 40.7 Å². The van der Waals surface area contributed by atoms with E-state index in [0.717, 1.165) is 12.6 Å². The fourth-order valence-corrected chi connectivity index (χ4v) is 1.86. The molecule has 4 nitrogen and oxygen atoms in total. The summed E-state index contributed by atoms with van der Waals surface area (Å²) in [4.78, 5) is 0. The molecule has 1 N–H and O–H groups in total. The van der Waals surface area contributed by atoms with Gasteiger partial charge in [0.1, 0.15) is 0 Å². The smallest absolute Gasteiger partial charge is 0.311 e. The summed E-state index contributed by atoms with van der Waals surface area (Å²) in [6.07, 6.45) is -2.92. The molecule has 0 aliphatic rings. The van der Waals surface area contributed by atoms with Gasteiger partial charge in [0.15, 0.2) is 0 Å². The lowest BCUT2D eigenvalue weighted by Crippen LogP contribution is -2.11. The Morgan fingerprint density at radius 2 is 2.10 bits per heavy atom. The maximum Gasteiger partial charge on any atom is 0.417 e. The Bertz CT molecular complexity index is 595. The molecule has 108 valence electrons. The van der Waals surface area contributed by atoms with Gasteiger partial charge < -0.3 is 5.32 Å². The molecule has 0 radical (unpaired) electrons. The summed E-state index contributed by atoms with van der Waals surface area (Å²) in [5.41, 5.74) is 0.0210. The minimum atomic E-state index is -4.50. The van der Waals surface area contributed by atoms with E-state index in [4.69, 9.17) is 11.6 Å². The van der Waals surface area contributed by atoms with Crippen LogP contribution in [0.25, 0.3) is 5.69 Å². The topological polar surface area (TPSA) is 42.7 Å². The Balaban J connectivity index is 2.31. The number of hydrogen-bond acceptors (Lipinski definition) is 3. The Labute approximate surface area is 118 Å². The van der Waals surface area contributed by atoms with Gasteiger partial charge in [0.2, 0.25) is 0 Å². The monoisotopic (exact) mass is 304 g/mol. The largest absolute Gasteiger partial charge is 0.417 e. The summed E-state index contributed by atoms with van der Waals surface area (Å²) in [6, 6.07) is 3.61. The van der Waals surface area contributed by atoms with E-state index in [9.17, 15) is 13.2 Å². The van der Waals surface area contributed by atoms with Crippen LogP contribution in [0.3, 0.4) is 0 Å². The van der Waals surface area contributed by atoms with Crippen molar-refractivity contribution < 1.29 is 13.2 Å². The summed E-state index contributed by atoms with van der Waals surface area (Å²) in [6.45, 7) is 3.22. The third kappa shape index (κ3) is 3.29. The van der Waals surface area contributed by atoms with Crippen molar-refractivity contribution in [1.29, 1.82) is 0 Å². The van der Waals surface area contributed by atoms with Crippen LogP contribution in [0.5, 0.6) is 0 Å². The van der Waals surface area contributed by atoms with E-state index < -0.39 is 11.7 Å². The van der Waals surface area contributed by atoms with Gasteiger partial charge in [0.05, 0.1) is 28.2 Å². The van der Waals surface area contributed by atoms with Gasteiger partial charge >= 0.3 is 6.18 Å². The van der Waals surface area contributed by atoms with E-state index in [1.165, 1.54) is 16.8 Å². The number of aromatic nitrogens is 3. The van der Waals surface area contributed by atoms with Crippen molar-refractivity contribution in [3.8, 4) is 5.69 Å². The Morgan fingerprint density at radius 1 is 1.35 bits per heavy atom. The molecule has 1 aromatic carbocycles. The van der Waals surface area contributed by atoms with Crippen molar-refractivity contribution in [3.63, 3.8) is 0 Å². The lowest BCUT2D eigenvalue weighted by atomic mass is 10.2. The SMILES string of the molecule is CCNCc1cn(-c2ccc(Cl)c(C(F)(F)F)c2)nn1. The molecule has 2 aromatic rings. The molecule has 2 rings (SSSR count). The van der Waals surface area contributed by atoms with Gasteiger partial charge in [-0.15, -0.1) is 5.10 Å². The molecule has 0 fully saturated rings. The van der Waals surface area contributed by atoms with Crippen LogP contribution < -0.4 is 5.32 Å². The standard InChI is InChI=1S/C12H12ClF3N4/c1-2-17-6-8-7-20(19-18-8)9-3-4-11(13)10(5-9)12(14,15)16/h3-5,7,17H,2,6H2,1H3. The molecule has 1 aromatic heterocycles. The molecule has 0 spiro atoms. The average Bonchev–Trinajstić information content (AvgIpc) is 2.84. The molecule has 0 saturated heterocycles. The van der Waals surface area contributed by atoms with Crippen LogP contribution in [0.4, 0.5) is 13.2 Å². The molecule has 0 amide bonds. The lowest BCUT2D eigenvalue weighted by molar-refractivity contribution is -0.137. The fourth-order valence-electron chi connectivity index (χ4n) is 1.63. The number of nitrogens with zero attached hydrogens (tertiary/aromatic N) is 3. The highest BCUT2D eigenvalue weighted by Gasteiger charge is 2.33. The molecule has 0 aliphatic carbocycles. The molecule has 0 bridgehead atoms. The van der Waals surface area contributed by atoms with Crippen LogP contribution in [0.2, 0.25) is 5.02 Å². The lowest BCUT2D eigenvalue weighted by Gasteiger charge is -2.10. The van der Waals surface area contributed by atoms with E-state index >= 15 is 0 Å². The van der Waals surface area contributed by atoms with Gasteiger partial charge in [-0.05, 0) is 24.7 Å². The molecular formula is C12H12ClF3N4.